The maximum Gasteiger partial charge on any atom is 0.350 e. The van der Waals surface area contributed by atoms with Crippen molar-refractivity contribution >= 4 is 17.6 Å². The summed E-state index contributed by atoms with van der Waals surface area (Å²) >= 11 is 0. The molecule has 2 heterocycles. The average Bonchev–Trinajstić information content (AvgIpc) is 2.86. The highest BCUT2D eigenvalue weighted by Crippen LogP contribution is 2.29. The third kappa shape index (κ3) is 1.65. The van der Waals surface area contributed by atoms with Gasteiger partial charge in [-0.3, -0.25) is 0 Å². The number of aromatic nitrogens is 4. The van der Waals surface area contributed by atoms with Crippen LogP contribution in [0.25, 0.3) is 0 Å². The molecule has 2 aromatic rings. The molecule has 0 spiro atoms. The van der Waals surface area contributed by atoms with Crippen LogP contribution in [0.4, 0.5) is 5.95 Å². The van der Waals surface area contributed by atoms with Gasteiger partial charge in [-0.15, -0.1) is 0 Å². The van der Waals surface area contributed by atoms with Gasteiger partial charge in [-0.05, 0) is 16.0 Å². The molecule has 1 N–H and O–H groups in total. The fraction of sp³-hybridized carbons (Fsp3) is 0.182. The van der Waals surface area contributed by atoms with Crippen LogP contribution in [0, 0.1) is 0 Å². The quantitative estimate of drug-likeness (QED) is 0.842. The Morgan fingerprint density at radius 1 is 1.33 bits per heavy atom. The lowest BCUT2D eigenvalue weighted by Gasteiger charge is -2.20. The number of fused-ring (bicyclic) bond motifs is 1. The van der Waals surface area contributed by atoms with Gasteiger partial charge in [0.1, 0.15) is 5.71 Å². The molecule has 0 saturated carbocycles. The monoisotopic (exact) mass is 243 g/mol. The zero-order chi connectivity index (χ0) is 12.5. The van der Waals surface area contributed by atoms with Crippen LogP contribution in [0.1, 0.15) is 18.0 Å². The maximum absolute atomic E-state index is 11.1. The number of tetrazole rings is 1. The first-order chi connectivity index (χ1) is 8.75. The van der Waals surface area contributed by atoms with E-state index >= 15 is 0 Å². The Kier molecular flexibility index (Phi) is 2.36. The van der Waals surface area contributed by atoms with E-state index in [0.29, 0.717) is 0 Å². The van der Waals surface area contributed by atoms with Crippen LogP contribution < -0.4 is 0 Å². The third-order valence-electron chi connectivity index (χ3n) is 2.82. The van der Waals surface area contributed by atoms with Crippen LogP contribution in [0.5, 0.6) is 0 Å². The van der Waals surface area contributed by atoms with Gasteiger partial charge >= 0.3 is 5.97 Å². The summed E-state index contributed by atoms with van der Waals surface area (Å²) in [4.78, 5) is 15.0. The Labute approximate surface area is 102 Å². The van der Waals surface area contributed by atoms with E-state index in [-0.39, 0.29) is 24.1 Å². The Balaban J connectivity index is 2.08. The van der Waals surface area contributed by atoms with Crippen LogP contribution in [-0.2, 0) is 4.79 Å². The first-order valence-electron chi connectivity index (χ1n) is 5.39. The fourth-order valence-electron chi connectivity index (χ4n) is 1.97. The number of aliphatic imine (C=N–C) groups is 1. The summed E-state index contributed by atoms with van der Waals surface area (Å²) in [5.74, 6) is -0.808. The van der Waals surface area contributed by atoms with Crippen molar-refractivity contribution in [3.8, 4) is 0 Å². The lowest BCUT2D eigenvalue weighted by Crippen LogP contribution is -2.25. The van der Waals surface area contributed by atoms with Crippen molar-refractivity contribution in [3.05, 3.63) is 35.9 Å². The van der Waals surface area contributed by atoms with E-state index in [9.17, 15) is 4.79 Å². The molecule has 0 saturated heterocycles. The molecular formula is C11H9N5O2. The Morgan fingerprint density at radius 3 is 2.83 bits per heavy atom. The molecule has 0 aliphatic carbocycles. The van der Waals surface area contributed by atoms with E-state index in [4.69, 9.17) is 5.11 Å². The highest BCUT2D eigenvalue weighted by atomic mass is 16.4. The highest BCUT2D eigenvalue weighted by molar-refractivity contribution is 6.36. The number of nitrogens with zero attached hydrogens (tertiary/aromatic N) is 5. The number of carboxylic acid groups (broad SMARTS) is 1. The molecule has 1 aromatic heterocycles. The molecule has 0 bridgehead atoms. The first-order valence-corrected chi connectivity index (χ1v) is 5.39. The maximum atomic E-state index is 11.1. The second-order valence-electron chi connectivity index (χ2n) is 3.92. The number of carbonyl (C=O) groups is 1. The molecule has 1 unspecified atom stereocenters. The van der Waals surface area contributed by atoms with Gasteiger partial charge in [0, 0.05) is 6.42 Å². The molecule has 1 aromatic carbocycles. The van der Waals surface area contributed by atoms with E-state index in [1.807, 2.05) is 30.3 Å². The zero-order valence-corrected chi connectivity index (χ0v) is 9.26. The Hall–Kier alpha value is -2.57. The summed E-state index contributed by atoms with van der Waals surface area (Å²) in [7, 11) is 0. The number of hydrogen-bond acceptors (Lipinski definition) is 5. The molecule has 0 amide bonds. The van der Waals surface area contributed by atoms with Gasteiger partial charge in [-0.2, -0.15) is 0 Å². The topological polar surface area (TPSA) is 93.3 Å². The van der Waals surface area contributed by atoms with Gasteiger partial charge in [0.15, 0.2) is 0 Å². The molecule has 7 nitrogen and oxygen atoms in total. The minimum Gasteiger partial charge on any atom is -0.477 e. The van der Waals surface area contributed by atoms with Crippen LogP contribution in [0.2, 0.25) is 0 Å². The lowest BCUT2D eigenvalue weighted by atomic mass is 10.00. The smallest absolute Gasteiger partial charge is 0.350 e. The molecule has 1 atom stereocenters. The number of rotatable bonds is 2. The van der Waals surface area contributed by atoms with E-state index in [2.05, 4.69) is 20.5 Å². The lowest BCUT2D eigenvalue weighted by molar-refractivity contribution is -0.129. The van der Waals surface area contributed by atoms with E-state index in [1.54, 1.807) is 4.68 Å². The average molecular weight is 243 g/mol. The molecule has 3 rings (SSSR count). The van der Waals surface area contributed by atoms with Crippen LogP contribution in [-0.4, -0.2) is 37.0 Å². The van der Waals surface area contributed by atoms with Crippen LogP contribution in [0.3, 0.4) is 0 Å². The van der Waals surface area contributed by atoms with Crippen molar-refractivity contribution < 1.29 is 9.90 Å². The first kappa shape index (κ1) is 10.6. The standard InChI is InChI=1S/C11H9N5O2/c17-10(18)8-6-9(7-4-2-1-3-5-7)16-11(12-8)13-14-15-16/h1-5,9H,6H2,(H,17,18). The third-order valence-corrected chi connectivity index (χ3v) is 2.82. The van der Waals surface area contributed by atoms with Crippen LogP contribution >= 0.6 is 0 Å². The summed E-state index contributed by atoms with van der Waals surface area (Å²) in [5.41, 5.74) is 1.03. The summed E-state index contributed by atoms with van der Waals surface area (Å²) in [6.07, 6.45) is 0.275. The SMILES string of the molecule is O=C(O)C1=Nc2nnnn2C(c2ccccc2)C1. The molecule has 18 heavy (non-hydrogen) atoms. The summed E-state index contributed by atoms with van der Waals surface area (Å²) < 4.78 is 1.54. The second-order valence-corrected chi connectivity index (χ2v) is 3.92. The number of carboxylic acids is 1. The van der Waals surface area contributed by atoms with Crippen LogP contribution in [0.15, 0.2) is 35.3 Å². The fourth-order valence-corrected chi connectivity index (χ4v) is 1.97. The second kappa shape index (κ2) is 4.02. The van der Waals surface area contributed by atoms with Gasteiger partial charge in [0.05, 0.1) is 6.04 Å². The molecule has 1 aliphatic heterocycles. The van der Waals surface area contributed by atoms with Gasteiger partial charge in [0.25, 0.3) is 5.95 Å². The summed E-state index contributed by atoms with van der Waals surface area (Å²) in [5, 5.41) is 20.2. The van der Waals surface area contributed by atoms with Gasteiger partial charge in [-0.1, -0.05) is 35.4 Å². The largest absolute Gasteiger partial charge is 0.477 e. The Bertz CT molecular complexity index is 619. The number of aliphatic carboxylic acids is 1. The normalized spacial score (nSPS) is 18.0. The van der Waals surface area contributed by atoms with Crippen molar-refractivity contribution in [1.82, 2.24) is 20.2 Å². The van der Waals surface area contributed by atoms with E-state index in [1.165, 1.54) is 0 Å². The minimum absolute atomic E-state index is 0.0751. The number of benzene rings is 1. The molecule has 90 valence electrons. The molecule has 7 heteroatoms. The van der Waals surface area contributed by atoms with Crippen molar-refractivity contribution in [3.63, 3.8) is 0 Å². The predicted octanol–water partition coefficient (Wildman–Crippen LogP) is 0.823. The van der Waals surface area contributed by atoms with E-state index < -0.39 is 5.97 Å². The van der Waals surface area contributed by atoms with Crippen molar-refractivity contribution in [2.45, 2.75) is 12.5 Å². The molecular weight excluding hydrogens is 234 g/mol. The predicted molar refractivity (Wildman–Crippen MR) is 61.7 cm³/mol. The molecule has 1 aliphatic rings. The number of hydrogen-bond donors (Lipinski definition) is 1. The van der Waals surface area contributed by atoms with Crippen molar-refractivity contribution in [2.24, 2.45) is 4.99 Å². The van der Waals surface area contributed by atoms with Gasteiger partial charge < -0.3 is 5.11 Å². The van der Waals surface area contributed by atoms with Gasteiger partial charge in [0.2, 0.25) is 0 Å². The molecule has 0 fully saturated rings. The summed E-state index contributed by atoms with van der Waals surface area (Å²) in [6.45, 7) is 0. The van der Waals surface area contributed by atoms with Gasteiger partial charge in [-0.25, -0.2) is 14.5 Å². The highest BCUT2D eigenvalue weighted by Gasteiger charge is 2.28. The molecule has 0 radical (unpaired) electrons. The van der Waals surface area contributed by atoms with Crippen molar-refractivity contribution in [2.75, 3.05) is 0 Å². The van der Waals surface area contributed by atoms with E-state index in [0.717, 1.165) is 5.56 Å². The zero-order valence-electron chi connectivity index (χ0n) is 9.26. The summed E-state index contributed by atoms with van der Waals surface area (Å²) in [6, 6.07) is 9.30. The van der Waals surface area contributed by atoms with Crippen molar-refractivity contribution in [1.29, 1.82) is 0 Å². The Morgan fingerprint density at radius 2 is 2.11 bits per heavy atom. The minimum atomic E-state index is -1.04.